The van der Waals surface area contributed by atoms with Gasteiger partial charge in [0.15, 0.2) is 0 Å². The third-order valence-electron chi connectivity index (χ3n) is 3.05. The summed E-state index contributed by atoms with van der Waals surface area (Å²) in [6, 6.07) is 8.21. The van der Waals surface area contributed by atoms with E-state index in [-0.39, 0.29) is 12.5 Å². The highest BCUT2D eigenvalue weighted by Gasteiger charge is 2.24. The van der Waals surface area contributed by atoms with Crippen molar-refractivity contribution < 1.29 is 5.11 Å². The molecule has 2 heteroatoms. The summed E-state index contributed by atoms with van der Waals surface area (Å²) in [5.41, 5.74) is 3.01. The van der Waals surface area contributed by atoms with Crippen LogP contribution in [0.2, 0.25) is 0 Å². The SMILES string of the molecule is CC(CO)c1cc(C2CC2)ccc1C#N. The van der Waals surface area contributed by atoms with Crippen LogP contribution in [0.15, 0.2) is 18.2 Å². The summed E-state index contributed by atoms with van der Waals surface area (Å²) in [4.78, 5) is 0. The summed E-state index contributed by atoms with van der Waals surface area (Å²) in [6.45, 7) is 2.05. The minimum Gasteiger partial charge on any atom is -0.396 e. The van der Waals surface area contributed by atoms with E-state index in [2.05, 4.69) is 12.1 Å². The first-order valence-corrected chi connectivity index (χ1v) is 5.41. The molecular weight excluding hydrogens is 186 g/mol. The van der Waals surface area contributed by atoms with Crippen molar-refractivity contribution in [2.45, 2.75) is 31.6 Å². The van der Waals surface area contributed by atoms with Crippen molar-refractivity contribution in [2.75, 3.05) is 6.61 Å². The fourth-order valence-corrected chi connectivity index (χ4v) is 1.86. The molecule has 1 aliphatic carbocycles. The average molecular weight is 201 g/mol. The average Bonchev–Trinajstić information content (AvgIpc) is 3.11. The van der Waals surface area contributed by atoms with Crippen molar-refractivity contribution >= 4 is 0 Å². The molecule has 1 fully saturated rings. The summed E-state index contributed by atoms with van der Waals surface area (Å²) in [7, 11) is 0. The normalized spacial score (nSPS) is 17.1. The zero-order valence-electron chi connectivity index (χ0n) is 8.90. The van der Waals surface area contributed by atoms with E-state index in [0.717, 1.165) is 5.56 Å². The van der Waals surface area contributed by atoms with Crippen LogP contribution in [0.3, 0.4) is 0 Å². The van der Waals surface area contributed by atoms with E-state index in [1.807, 2.05) is 19.1 Å². The highest BCUT2D eigenvalue weighted by atomic mass is 16.3. The highest BCUT2D eigenvalue weighted by Crippen LogP contribution is 2.41. The van der Waals surface area contributed by atoms with Crippen LogP contribution in [-0.2, 0) is 0 Å². The third-order valence-corrected chi connectivity index (χ3v) is 3.05. The standard InChI is InChI=1S/C13H15NO/c1-9(8-15)13-6-11(10-2-3-10)4-5-12(13)7-14/h4-6,9-10,15H,2-3,8H2,1H3. The van der Waals surface area contributed by atoms with Gasteiger partial charge in [-0.15, -0.1) is 0 Å². The number of aliphatic hydroxyl groups is 1. The largest absolute Gasteiger partial charge is 0.396 e. The Morgan fingerprint density at radius 2 is 2.27 bits per heavy atom. The van der Waals surface area contributed by atoms with E-state index in [4.69, 9.17) is 10.4 Å². The number of benzene rings is 1. The third kappa shape index (κ3) is 2.03. The molecule has 0 aromatic heterocycles. The maximum Gasteiger partial charge on any atom is 0.0994 e. The van der Waals surface area contributed by atoms with Crippen molar-refractivity contribution in [2.24, 2.45) is 0 Å². The Hall–Kier alpha value is -1.33. The molecule has 0 amide bonds. The Bertz CT molecular complexity index is 401. The van der Waals surface area contributed by atoms with E-state index < -0.39 is 0 Å². The predicted molar refractivity (Wildman–Crippen MR) is 58.6 cm³/mol. The van der Waals surface area contributed by atoms with Gasteiger partial charge in [0, 0.05) is 12.5 Å². The zero-order valence-corrected chi connectivity index (χ0v) is 8.90. The second-order valence-electron chi connectivity index (χ2n) is 4.32. The second kappa shape index (κ2) is 4.04. The number of hydrogen-bond donors (Lipinski definition) is 1. The van der Waals surface area contributed by atoms with Gasteiger partial charge in [0.25, 0.3) is 0 Å². The molecule has 0 bridgehead atoms. The molecule has 1 aliphatic rings. The molecule has 1 atom stereocenters. The van der Waals surface area contributed by atoms with Crippen LogP contribution in [0.1, 0.15) is 48.3 Å². The number of rotatable bonds is 3. The van der Waals surface area contributed by atoms with Gasteiger partial charge < -0.3 is 5.11 Å². The van der Waals surface area contributed by atoms with Crippen LogP contribution in [0, 0.1) is 11.3 Å². The number of aliphatic hydroxyl groups excluding tert-OH is 1. The van der Waals surface area contributed by atoms with Crippen LogP contribution >= 0.6 is 0 Å². The summed E-state index contributed by atoms with van der Waals surface area (Å²) < 4.78 is 0. The Morgan fingerprint density at radius 3 is 2.80 bits per heavy atom. The molecule has 15 heavy (non-hydrogen) atoms. The van der Waals surface area contributed by atoms with Gasteiger partial charge in [-0.3, -0.25) is 0 Å². The van der Waals surface area contributed by atoms with Gasteiger partial charge in [0.05, 0.1) is 11.6 Å². The first kappa shape index (κ1) is 10.2. The molecule has 0 aliphatic heterocycles. The van der Waals surface area contributed by atoms with Crippen molar-refractivity contribution in [3.8, 4) is 6.07 Å². The summed E-state index contributed by atoms with van der Waals surface area (Å²) in [5.74, 6) is 0.751. The lowest BCUT2D eigenvalue weighted by atomic mass is 9.93. The van der Waals surface area contributed by atoms with Gasteiger partial charge >= 0.3 is 0 Å². The number of hydrogen-bond acceptors (Lipinski definition) is 2. The minimum absolute atomic E-state index is 0.0540. The van der Waals surface area contributed by atoms with Crippen molar-refractivity contribution in [1.29, 1.82) is 5.26 Å². The maximum absolute atomic E-state index is 9.14. The topological polar surface area (TPSA) is 44.0 Å². The van der Waals surface area contributed by atoms with Gasteiger partial charge in [0.1, 0.15) is 0 Å². The van der Waals surface area contributed by atoms with Crippen molar-refractivity contribution in [1.82, 2.24) is 0 Å². The molecule has 1 aromatic rings. The number of nitrogens with zero attached hydrogens (tertiary/aromatic N) is 1. The van der Waals surface area contributed by atoms with Gasteiger partial charge in [-0.2, -0.15) is 5.26 Å². The van der Waals surface area contributed by atoms with Crippen LogP contribution < -0.4 is 0 Å². The van der Waals surface area contributed by atoms with Gasteiger partial charge in [0.2, 0.25) is 0 Å². The first-order valence-electron chi connectivity index (χ1n) is 5.41. The molecule has 2 rings (SSSR count). The van der Waals surface area contributed by atoms with Gasteiger partial charge in [-0.25, -0.2) is 0 Å². The van der Waals surface area contributed by atoms with Crippen molar-refractivity contribution in [3.63, 3.8) is 0 Å². The quantitative estimate of drug-likeness (QED) is 0.816. The molecule has 1 saturated carbocycles. The Morgan fingerprint density at radius 1 is 1.53 bits per heavy atom. The molecular formula is C13H15NO. The molecule has 0 radical (unpaired) electrons. The molecule has 0 heterocycles. The van der Waals surface area contributed by atoms with E-state index in [1.54, 1.807) is 0 Å². The van der Waals surface area contributed by atoms with Crippen molar-refractivity contribution in [3.05, 3.63) is 34.9 Å². The molecule has 1 aromatic carbocycles. The number of nitriles is 1. The molecule has 0 saturated heterocycles. The predicted octanol–water partition coefficient (Wildman–Crippen LogP) is 2.53. The lowest BCUT2D eigenvalue weighted by molar-refractivity contribution is 0.273. The zero-order chi connectivity index (χ0) is 10.8. The highest BCUT2D eigenvalue weighted by molar-refractivity contribution is 5.44. The van der Waals surface area contributed by atoms with Crippen LogP contribution in [0.5, 0.6) is 0 Å². The fourth-order valence-electron chi connectivity index (χ4n) is 1.86. The lowest BCUT2D eigenvalue weighted by Gasteiger charge is -2.12. The maximum atomic E-state index is 9.14. The second-order valence-corrected chi connectivity index (χ2v) is 4.32. The molecule has 1 N–H and O–H groups in total. The molecule has 1 unspecified atom stereocenters. The van der Waals surface area contributed by atoms with Crippen LogP contribution in [0.4, 0.5) is 0 Å². The Balaban J connectivity index is 2.38. The van der Waals surface area contributed by atoms with Gasteiger partial charge in [-0.1, -0.05) is 19.1 Å². The lowest BCUT2D eigenvalue weighted by Crippen LogP contribution is -2.02. The van der Waals surface area contributed by atoms with E-state index in [0.29, 0.717) is 11.5 Å². The summed E-state index contributed by atoms with van der Waals surface area (Å²) in [6.07, 6.45) is 2.53. The molecule has 0 spiro atoms. The summed E-state index contributed by atoms with van der Waals surface area (Å²) >= 11 is 0. The molecule has 78 valence electrons. The minimum atomic E-state index is 0.0540. The monoisotopic (exact) mass is 201 g/mol. The van der Waals surface area contributed by atoms with E-state index in [1.165, 1.54) is 18.4 Å². The molecule has 2 nitrogen and oxygen atoms in total. The van der Waals surface area contributed by atoms with E-state index >= 15 is 0 Å². The van der Waals surface area contributed by atoms with Crippen LogP contribution in [-0.4, -0.2) is 11.7 Å². The van der Waals surface area contributed by atoms with Crippen LogP contribution in [0.25, 0.3) is 0 Å². The smallest absolute Gasteiger partial charge is 0.0994 e. The fraction of sp³-hybridized carbons (Fsp3) is 0.462. The van der Waals surface area contributed by atoms with Gasteiger partial charge in [-0.05, 0) is 36.0 Å². The first-order chi connectivity index (χ1) is 7.26. The Labute approximate surface area is 90.2 Å². The van der Waals surface area contributed by atoms with E-state index in [9.17, 15) is 0 Å². The Kier molecular flexibility index (Phi) is 2.75. The summed E-state index contributed by atoms with van der Waals surface area (Å²) in [5, 5.41) is 18.1.